The number of hydrogen-bond acceptors (Lipinski definition) is 3. The summed E-state index contributed by atoms with van der Waals surface area (Å²) in [5.41, 5.74) is 0.394. The average molecular weight is 467 g/mol. The Balaban J connectivity index is 0.00000576. The van der Waals surface area contributed by atoms with Crippen LogP contribution in [0, 0.1) is 5.41 Å². The van der Waals surface area contributed by atoms with E-state index in [9.17, 15) is 0 Å². The zero-order chi connectivity index (χ0) is 18.0. The van der Waals surface area contributed by atoms with E-state index in [0.717, 1.165) is 32.1 Å². The van der Waals surface area contributed by atoms with Crippen molar-refractivity contribution in [3.63, 3.8) is 0 Å². The summed E-state index contributed by atoms with van der Waals surface area (Å²) in [6, 6.07) is 0.453. The van der Waals surface area contributed by atoms with E-state index in [4.69, 9.17) is 4.99 Å². The van der Waals surface area contributed by atoms with Crippen molar-refractivity contribution in [3.05, 3.63) is 0 Å². The van der Waals surface area contributed by atoms with Crippen molar-refractivity contribution in [1.82, 2.24) is 20.4 Å². The first-order chi connectivity index (χ1) is 11.3. The normalized spacial score (nSPS) is 19.0. The molecule has 1 rings (SSSR count). The van der Waals surface area contributed by atoms with Crippen molar-refractivity contribution in [3.8, 4) is 0 Å². The van der Waals surface area contributed by atoms with Crippen molar-refractivity contribution in [2.45, 2.75) is 59.9 Å². The Bertz CT molecular complexity index is 367. The van der Waals surface area contributed by atoms with Gasteiger partial charge in [0.2, 0.25) is 0 Å². The molecule has 0 radical (unpaired) electrons. The number of hydrogen-bond donors (Lipinski definition) is 2. The van der Waals surface area contributed by atoms with Gasteiger partial charge >= 0.3 is 0 Å². The van der Waals surface area contributed by atoms with Crippen LogP contribution in [0.4, 0.5) is 0 Å². The summed E-state index contributed by atoms with van der Waals surface area (Å²) < 4.78 is 0. The largest absolute Gasteiger partial charge is 0.357 e. The topological polar surface area (TPSA) is 42.9 Å². The Morgan fingerprint density at radius 1 is 1.16 bits per heavy atom. The van der Waals surface area contributed by atoms with E-state index in [1.54, 1.807) is 0 Å². The third kappa shape index (κ3) is 12.8. The van der Waals surface area contributed by atoms with Gasteiger partial charge in [0, 0.05) is 32.2 Å². The lowest BCUT2D eigenvalue weighted by atomic mass is 9.89. The number of nitrogens with zero attached hydrogens (tertiary/aromatic N) is 3. The SMILES string of the molecule is CCNC(=NCCN1CCCN(C)CC1)NC(C)CCC(C)(C)C.I. The Morgan fingerprint density at radius 2 is 1.88 bits per heavy atom. The lowest BCUT2D eigenvalue weighted by Crippen LogP contribution is -2.43. The fraction of sp³-hybridized carbons (Fsp3) is 0.947. The fourth-order valence-electron chi connectivity index (χ4n) is 2.90. The molecule has 0 amide bonds. The monoisotopic (exact) mass is 467 g/mol. The van der Waals surface area contributed by atoms with Crippen LogP contribution in [0.1, 0.15) is 53.9 Å². The molecule has 1 atom stereocenters. The maximum absolute atomic E-state index is 4.78. The van der Waals surface area contributed by atoms with E-state index in [1.807, 2.05) is 0 Å². The van der Waals surface area contributed by atoms with E-state index >= 15 is 0 Å². The van der Waals surface area contributed by atoms with Crippen molar-refractivity contribution in [2.75, 3.05) is 52.9 Å². The molecule has 25 heavy (non-hydrogen) atoms. The van der Waals surface area contributed by atoms with Crippen molar-refractivity contribution < 1.29 is 0 Å². The van der Waals surface area contributed by atoms with E-state index < -0.39 is 0 Å². The fourth-order valence-corrected chi connectivity index (χ4v) is 2.90. The molecule has 2 N–H and O–H groups in total. The Hall–Kier alpha value is -0.0800. The number of aliphatic imine (C=N–C) groups is 1. The van der Waals surface area contributed by atoms with E-state index in [1.165, 1.54) is 38.9 Å². The number of halogens is 1. The molecule has 0 aromatic heterocycles. The lowest BCUT2D eigenvalue weighted by Gasteiger charge is -2.23. The van der Waals surface area contributed by atoms with Crippen molar-refractivity contribution in [2.24, 2.45) is 10.4 Å². The summed E-state index contributed by atoms with van der Waals surface area (Å²) in [5.74, 6) is 0.964. The quantitative estimate of drug-likeness (QED) is 0.343. The molecule has 0 aromatic carbocycles. The molecule has 5 nitrogen and oxygen atoms in total. The highest BCUT2D eigenvalue weighted by atomic mass is 127. The molecule has 0 saturated carbocycles. The standard InChI is InChI=1S/C19H41N5.HI/c1-7-20-18(22-17(2)9-10-19(3,4)5)21-11-14-24-13-8-12-23(6)15-16-24;/h17H,7-16H2,1-6H3,(H2,20,21,22);1H. The van der Waals surface area contributed by atoms with Gasteiger partial charge in [0.05, 0.1) is 6.54 Å². The van der Waals surface area contributed by atoms with Gasteiger partial charge in [-0.3, -0.25) is 4.99 Å². The summed E-state index contributed by atoms with van der Waals surface area (Å²) in [4.78, 5) is 9.74. The summed E-state index contributed by atoms with van der Waals surface area (Å²) >= 11 is 0. The average Bonchev–Trinajstić information content (AvgIpc) is 2.69. The highest BCUT2D eigenvalue weighted by Gasteiger charge is 2.14. The minimum atomic E-state index is 0. The Labute approximate surface area is 173 Å². The van der Waals surface area contributed by atoms with Gasteiger partial charge in [-0.1, -0.05) is 20.8 Å². The van der Waals surface area contributed by atoms with Gasteiger partial charge < -0.3 is 20.4 Å². The Kier molecular flexibility index (Phi) is 13.1. The molecular formula is C19H42IN5. The zero-order valence-electron chi connectivity index (χ0n) is 17.4. The first-order valence-corrected chi connectivity index (χ1v) is 9.76. The molecule has 0 aliphatic carbocycles. The molecule has 0 spiro atoms. The van der Waals surface area contributed by atoms with Gasteiger partial charge in [-0.05, 0) is 58.7 Å². The van der Waals surface area contributed by atoms with Gasteiger partial charge in [-0.15, -0.1) is 24.0 Å². The molecule has 150 valence electrons. The van der Waals surface area contributed by atoms with Crippen LogP contribution in [0.3, 0.4) is 0 Å². The zero-order valence-corrected chi connectivity index (χ0v) is 19.7. The first kappa shape index (κ1) is 24.9. The van der Waals surface area contributed by atoms with Gasteiger partial charge in [0.1, 0.15) is 0 Å². The predicted octanol–water partition coefficient (Wildman–Crippen LogP) is 3.01. The van der Waals surface area contributed by atoms with Crippen molar-refractivity contribution in [1.29, 1.82) is 0 Å². The van der Waals surface area contributed by atoms with Crippen LogP contribution in [-0.4, -0.2) is 74.7 Å². The summed E-state index contributed by atoms with van der Waals surface area (Å²) in [5, 5.41) is 6.94. The molecule has 1 fully saturated rings. The maximum Gasteiger partial charge on any atom is 0.191 e. The number of rotatable bonds is 7. The van der Waals surface area contributed by atoms with Gasteiger partial charge in [-0.25, -0.2) is 0 Å². The van der Waals surface area contributed by atoms with E-state index in [0.29, 0.717) is 11.5 Å². The molecule has 1 aliphatic rings. The smallest absolute Gasteiger partial charge is 0.191 e. The van der Waals surface area contributed by atoms with Crippen LogP contribution in [0.2, 0.25) is 0 Å². The minimum absolute atomic E-state index is 0. The lowest BCUT2D eigenvalue weighted by molar-refractivity contribution is 0.283. The minimum Gasteiger partial charge on any atom is -0.357 e. The molecule has 1 aliphatic heterocycles. The van der Waals surface area contributed by atoms with Crippen LogP contribution in [-0.2, 0) is 0 Å². The maximum atomic E-state index is 4.78. The van der Waals surface area contributed by atoms with E-state index in [2.05, 4.69) is 62.1 Å². The second-order valence-corrected chi connectivity index (χ2v) is 8.40. The molecule has 0 bridgehead atoms. The van der Waals surface area contributed by atoms with Crippen LogP contribution in [0.5, 0.6) is 0 Å². The molecule has 1 heterocycles. The molecular weight excluding hydrogens is 425 g/mol. The first-order valence-electron chi connectivity index (χ1n) is 9.76. The van der Waals surface area contributed by atoms with Crippen LogP contribution in [0.15, 0.2) is 4.99 Å². The third-order valence-corrected chi connectivity index (χ3v) is 4.55. The predicted molar refractivity (Wildman–Crippen MR) is 121 cm³/mol. The molecule has 1 saturated heterocycles. The molecule has 0 aromatic rings. The summed E-state index contributed by atoms with van der Waals surface area (Å²) in [7, 11) is 2.22. The van der Waals surface area contributed by atoms with Crippen LogP contribution in [0.25, 0.3) is 0 Å². The van der Waals surface area contributed by atoms with Crippen molar-refractivity contribution >= 4 is 29.9 Å². The molecule has 6 heteroatoms. The Morgan fingerprint density at radius 3 is 2.52 bits per heavy atom. The van der Waals surface area contributed by atoms with Crippen LogP contribution >= 0.6 is 24.0 Å². The van der Waals surface area contributed by atoms with Crippen LogP contribution < -0.4 is 10.6 Å². The third-order valence-electron chi connectivity index (χ3n) is 4.55. The van der Waals surface area contributed by atoms with E-state index in [-0.39, 0.29) is 24.0 Å². The summed E-state index contributed by atoms with van der Waals surface area (Å²) in [6.45, 7) is 18.9. The second-order valence-electron chi connectivity index (χ2n) is 8.40. The number of likely N-dealkylation sites (N-methyl/N-ethyl adjacent to an activating group) is 1. The highest BCUT2D eigenvalue weighted by Crippen LogP contribution is 2.21. The molecule has 1 unspecified atom stereocenters. The second kappa shape index (κ2) is 13.1. The van der Waals surface area contributed by atoms with Gasteiger partial charge in [0.25, 0.3) is 0 Å². The highest BCUT2D eigenvalue weighted by molar-refractivity contribution is 14.0. The number of nitrogens with one attached hydrogen (secondary N) is 2. The summed E-state index contributed by atoms with van der Waals surface area (Å²) in [6.07, 6.45) is 3.66. The number of guanidine groups is 1. The van der Waals surface area contributed by atoms with Gasteiger partial charge in [-0.2, -0.15) is 0 Å². The van der Waals surface area contributed by atoms with Gasteiger partial charge in [0.15, 0.2) is 5.96 Å².